The molecule has 0 saturated carbocycles. The second-order valence-electron chi connectivity index (χ2n) is 5.14. The van der Waals surface area contributed by atoms with Gasteiger partial charge in [0.2, 0.25) is 11.9 Å². The molecule has 1 aromatic heterocycles. The second-order valence-corrected chi connectivity index (χ2v) is 5.58. The van der Waals surface area contributed by atoms with Gasteiger partial charge in [-0.25, -0.2) is 4.39 Å². The van der Waals surface area contributed by atoms with E-state index in [1.54, 1.807) is 6.92 Å². The summed E-state index contributed by atoms with van der Waals surface area (Å²) in [5.74, 6) is 1.28. The quantitative estimate of drug-likeness (QED) is 0.768. The highest BCUT2D eigenvalue weighted by Crippen LogP contribution is 2.21. The van der Waals surface area contributed by atoms with Crippen LogP contribution in [0.3, 0.4) is 0 Å². The van der Waals surface area contributed by atoms with E-state index in [-0.39, 0.29) is 12.0 Å². The SMILES string of the molecule is CC(F)C(F)(F)F.Cc1nc(N)nc(NC(C)c2ccc(Cl)cc2)n1. The van der Waals surface area contributed by atoms with Crippen LogP contribution in [0.4, 0.5) is 29.5 Å². The molecule has 5 nitrogen and oxygen atoms in total. The van der Waals surface area contributed by atoms with Gasteiger partial charge in [-0.1, -0.05) is 23.7 Å². The largest absolute Gasteiger partial charge is 0.419 e. The van der Waals surface area contributed by atoms with Crippen LogP contribution in [0.25, 0.3) is 0 Å². The molecule has 3 N–H and O–H groups in total. The number of hydrogen-bond acceptors (Lipinski definition) is 5. The Morgan fingerprint density at radius 2 is 1.60 bits per heavy atom. The lowest BCUT2D eigenvalue weighted by atomic mass is 10.1. The van der Waals surface area contributed by atoms with E-state index >= 15 is 0 Å². The monoisotopic (exact) mass is 379 g/mol. The highest BCUT2D eigenvalue weighted by molar-refractivity contribution is 6.30. The molecule has 0 aliphatic heterocycles. The highest BCUT2D eigenvalue weighted by atomic mass is 35.5. The van der Waals surface area contributed by atoms with Crippen molar-refractivity contribution in [3.63, 3.8) is 0 Å². The maximum absolute atomic E-state index is 11.1. The Balaban J connectivity index is 0.000000381. The smallest absolute Gasteiger partial charge is 0.368 e. The van der Waals surface area contributed by atoms with Crippen molar-refractivity contribution < 1.29 is 17.6 Å². The fraction of sp³-hybridized carbons (Fsp3) is 0.400. The number of aryl methyl sites for hydroxylation is 1. The number of halogens is 5. The summed E-state index contributed by atoms with van der Waals surface area (Å²) in [7, 11) is 0. The van der Waals surface area contributed by atoms with Gasteiger partial charge in [-0.05, 0) is 38.5 Å². The predicted molar refractivity (Wildman–Crippen MR) is 89.1 cm³/mol. The number of nitrogens with one attached hydrogen (secondary N) is 1. The summed E-state index contributed by atoms with van der Waals surface area (Å²) >= 11 is 5.85. The molecule has 2 unspecified atom stereocenters. The normalized spacial score (nSPS) is 13.4. The molecule has 0 bridgehead atoms. The van der Waals surface area contributed by atoms with Gasteiger partial charge >= 0.3 is 6.18 Å². The van der Waals surface area contributed by atoms with Gasteiger partial charge in [0.25, 0.3) is 0 Å². The van der Waals surface area contributed by atoms with Crippen molar-refractivity contribution in [3.05, 3.63) is 40.7 Å². The van der Waals surface area contributed by atoms with E-state index in [0.717, 1.165) is 5.56 Å². The molecule has 0 aliphatic rings. The highest BCUT2D eigenvalue weighted by Gasteiger charge is 2.35. The van der Waals surface area contributed by atoms with Crippen LogP contribution in [-0.4, -0.2) is 27.3 Å². The van der Waals surface area contributed by atoms with Crippen LogP contribution >= 0.6 is 11.6 Å². The molecule has 0 aliphatic carbocycles. The molecule has 10 heteroatoms. The topological polar surface area (TPSA) is 76.7 Å². The summed E-state index contributed by atoms with van der Waals surface area (Å²) in [6.07, 6.45) is -7.37. The molecule has 0 spiro atoms. The first kappa shape index (κ1) is 20.9. The second kappa shape index (κ2) is 8.80. The molecule has 1 heterocycles. The number of nitrogen functional groups attached to an aromatic ring is 1. The lowest BCUT2D eigenvalue weighted by molar-refractivity contribution is -0.174. The van der Waals surface area contributed by atoms with Crippen molar-refractivity contribution in [3.8, 4) is 0 Å². The Morgan fingerprint density at radius 1 is 1.08 bits per heavy atom. The van der Waals surface area contributed by atoms with Gasteiger partial charge in [-0.3, -0.25) is 0 Å². The van der Waals surface area contributed by atoms with E-state index in [9.17, 15) is 17.6 Å². The van der Waals surface area contributed by atoms with Gasteiger partial charge in [-0.2, -0.15) is 28.1 Å². The molecule has 0 radical (unpaired) electrons. The number of alkyl halides is 4. The molecule has 2 atom stereocenters. The number of rotatable bonds is 3. The third-order valence-corrected chi connectivity index (χ3v) is 3.18. The Labute approximate surface area is 147 Å². The van der Waals surface area contributed by atoms with E-state index in [2.05, 4.69) is 20.3 Å². The van der Waals surface area contributed by atoms with Crippen molar-refractivity contribution in [1.29, 1.82) is 0 Å². The Bertz CT molecular complexity index is 656. The lowest BCUT2D eigenvalue weighted by Gasteiger charge is -2.14. The third-order valence-electron chi connectivity index (χ3n) is 2.93. The molecule has 0 amide bonds. The molecule has 138 valence electrons. The summed E-state index contributed by atoms with van der Waals surface area (Å²) in [6, 6.07) is 7.67. The minimum atomic E-state index is -4.67. The summed E-state index contributed by atoms with van der Waals surface area (Å²) in [5, 5.41) is 3.89. The fourth-order valence-electron chi connectivity index (χ4n) is 1.60. The van der Waals surface area contributed by atoms with Crippen LogP contribution in [0, 0.1) is 6.92 Å². The number of nitrogens with two attached hydrogens (primary N) is 1. The van der Waals surface area contributed by atoms with E-state index in [0.29, 0.717) is 23.7 Å². The lowest BCUT2D eigenvalue weighted by Crippen LogP contribution is -2.20. The summed E-state index contributed by atoms with van der Waals surface area (Å²) in [5.41, 5.74) is 6.67. The van der Waals surface area contributed by atoms with Crippen molar-refractivity contribution >= 4 is 23.5 Å². The van der Waals surface area contributed by atoms with Crippen molar-refractivity contribution in [2.45, 2.75) is 39.2 Å². The molecular formula is C15H18ClF4N5. The summed E-state index contributed by atoms with van der Waals surface area (Å²) < 4.78 is 43.5. The first-order valence-corrected chi connectivity index (χ1v) is 7.57. The van der Waals surface area contributed by atoms with Gasteiger partial charge in [0, 0.05) is 5.02 Å². The predicted octanol–water partition coefficient (Wildman–Crippen LogP) is 4.50. The van der Waals surface area contributed by atoms with E-state index < -0.39 is 12.3 Å². The standard InChI is InChI=1S/C12H14ClN5.C3H4F4/c1-7(9-3-5-10(13)6-4-9)15-12-17-8(2)16-11(14)18-12;1-2(4)3(5,6)7/h3-7H,1-2H3,(H3,14,15,16,17,18);2H,1H3. The van der Waals surface area contributed by atoms with Crippen molar-refractivity contribution in [2.24, 2.45) is 0 Å². The molecule has 0 fully saturated rings. The van der Waals surface area contributed by atoms with Gasteiger partial charge in [0.1, 0.15) is 5.82 Å². The zero-order valence-electron chi connectivity index (χ0n) is 13.8. The Kier molecular flexibility index (Phi) is 7.35. The maximum atomic E-state index is 11.1. The first-order valence-electron chi connectivity index (χ1n) is 7.20. The Hall–Kier alpha value is -2.16. The number of nitrogens with zero attached hydrogens (tertiary/aromatic N) is 3. The molecule has 0 saturated heterocycles. The molecule has 2 rings (SSSR count). The van der Waals surface area contributed by atoms with Crippen LogP contribution in [0.2, 0.25) is 5.02 Å². The van der Waals surface area contributed by atoms with Crippen LogP contribution in [0.5, 0.6) is 0 Å². The summed E-state index contributed by atoms with van der Waals surface area (Å²) in [4.78, 5) is 12.1. The number of aromatic nitrogens is 3. The first-order chi connectivity index (χ1) is 11.5. The average Bonchev–Trinajstić information content (AvgIpc) is 2.46. The number of hydrogen-bond donors (Lipinski definition) is 2. The molecule has 1 aromatic carbocycles. The third kappa shape index (κ3) is 7.51. The zero-order valence-corrected chi connectivity index (χ0v) is 14.5. The van der Waals surface area contributed by atoms with E-state index in [1.165, 1.54) is 0 Å². The summed E-state index contributed by atoms with van der Waals surface area (Å²) in [6.45, 7) is 4.24. The van der Waals surface area contributed by atoms with E-state index in [1.807, 2.05) is 31.2 Å². The maximum Gasteiger partial charge on any atom is 0.419 e. The Morgan fingerprint density at radius 3 is 2.04 bits per heavy atom. The molecular weight excluding hydrogens is 362 g/mol. The van der Waals surface area contributed by atoms with Crippen LogP contribution in [0.15, 0.2) is 24.3 Å². The van der Waals surface area contributed by atoms with Crippen molar-refractivity contribution in [2.75, 3.05) is 11.1 Å². The van der Waals surface area contributed by atoms with E-state index in [4.69, 9.17) is 17.3 Å². The molecule has 25 heavy (non-hydrogen) atoms. The zero-order chi connectivity index (χ0) is 19.2. The van der Waals surface area contributed by atoms with Crippen LogP contribution < -0.4 is 11.1 Å². The minimum Gasteiger partial charge on any atom is -0.368 e. The van der Waals surface area contributed by atoms with Gasteiger partial charge in [0.15, 0.2) is 6.17 Å². The van der Waals surface area contributed by atoms with Crippen molar-refractivity contribution in [1.82, 2.24) is 15.0 Å². The van der Waals surface area contributed by atoms with Crippen LogP contribution in [-0.2, 0) is 0 Å². The fourth-order valence-corrected chi connectivity index (χ4v) is 1.72. The van der Waals surface area contributed by atoms with Gasteiger partial charge in [-0.15, -0.1) is 0 Å². The number of anilines is 2. The average molecular weight is 380 g/mol. The van der Waals surface area contributed by atoms with Crippen LogP contribution in [0.1, 0.15) is 31.3 Å². The van der Waals surface area contributed by atoms with Gasteiger partial charge < -0.3 is 11.1 Å². The number of benzene rings is 1. The molecule has 2 aromatic rings. The minimum absolute atomic E-state index is 0.0588. The van der Waals surface area contributed by atoms with Gasteiger partial charge in [0.05, 0.1) is 6.04 Å².